The van der Waals surface area contributed by atoms with Gasteiger partial charge in [0.2, 0.25) is 0 Å². The van der Waals surface area contributed by atoms with Crippen LogP contribution in [-0.2, 0) is 11.3 Å². The number of unbranched alkanes of at least 4 members (excludes halogenated alkanes) is 1. The second-order valence-electron chi connectivity index (χ2n) is 7.83. The number of nitrogens with one attached hydrogen (secondary N) is 2. The van der Waals surface area contributed by atoms with Crippen LogP contribution in [0.1, 0.15) is 58.3 Å². The summed E-state index contributed by atoms with van der Waals surface area (Å²) >= 11 is 0. The summed E-state index contributed by atoms with van der Waals surface area (Å²) in [6, 6.07) is -0.0139. The molecule has 0 radical (unpaired) electrons. The number of hydrogen-bond acceptors (Lipinski definition) is 4. The van der Waals surface area contributed by atoms with Crippen molar-refractivity contribution in [2.45, 2.75) is 70.9 Å². The van der Waals surface area contributed by atoms with Gasteiger partial charge in [0.1, 0.15) is 5.82 Å². The maximum absolute atomic E-state index is 13.2. The lowest BCUT2D eigenvalue weighted by Gasteiger charge is -2.30. The predicted octanol–water partition coefficient (Wildman–Crippen LogP) is -0.127. The minimum absolute atomic E-state index is 0.0139. The average Bonchev–Trinajstić information content (AvgIpc) is 3.32. The fourth-order valence-electron chi connectivity index (χ4n) is 4.37. The number of nitrogens with zero attached hydrogens (tertiary/aromatic N) is 2. The van der Waals surface area contributed by atoms with Crippen molar-refractivity contribution in [3.8, 4) is 0 Å². The number of carbonyl (C=O) groups excluding carboxylic acids is 1. The molecule has 3 rings (SSSR count). The second kappa shape index (κ2) is 8.73. The van der Waals surface area contributed by atoms with Gasteiger partial charge in [-0.25, -0.2) is 4.79 Å². The minimum Gasteiger partial charge on any atom is -0.383 e. The summed E-state index contributed by atoms with van der Waals surface area (Å²) in [5, 5.41) is 0. The molecule has 0 aromatic carbocycles. The molecule has 2 aliphatic rings. The van der Waals surface area contributed by atoms with Gasteiger partial charge in [0.25, 0.3) is 11.5 Å². The first-order valence-corrected chi connectivity index (χ1v) is 10.3. The molecule has 0 bridgehead atoms. The lowest BCUT2D eigenvalue weighted by atomic mass is 10.2. The van der Waals surface area contributed by atoms with Crippen LogP contribution in [0.4, 0.5) is 11.5 Å². The topological polar surface area (TPSA) is 106 Å². The highest BCUT2D eigenvalue weighted by Gasteiger charge is 2.34. The number of aromatic nitrogens is 2. The molecule has 1 saturated carbocycles. The van der Waals surface area contributed by atoms with Gasteiger partial charge in [-0.05, 0) is 19.3 Å². The van der Waals surface area contributed by atoms with E-state index in [0.29, 0.717) is 13.1 Å². The maximum Gasteiger partial charge on any atom is 0.330 e. The summed E-state index contributed by atoms with van der Waals surface area (Å²) in [7, 11) is 0. The van der Waals surface area contributed by atoms with Crippen molar-refractivity contribution >= 4 is 17.4 Å². The third-order valence-corrected chi connectivity index (χ3v) is 5.86. The zero-order chi connectivity index (χ0) is 19.4. The highest BCUT2D eigenvalue weighted by molar-refractivity contribution is 5.96. The first-order chi connectivity index (χ1) is 13.0. The Morgan fingerprint density at radius 1 is 1.22 bits per heavy atom. The Morgan fingerprint density at radius 2 is 1.89 bits per heavy atom. The Labute approximate surface area is 159 Å². The Morgan fingerprint density at radius 3 is 2.52 bits per heavy atom. The molecule has 1 aromatic heterocycles. The van der Waals surface area contributed by atoms with E-state index in [1.54, 1.807) is 4.90 Å². The number of carbonyl (C=O) groups is 1. The molecule has 0 spiro atoms. The van der Waals surface area contributed by atoms with Gasteiger partial charge in [-0.15, -0.1) is 0 Å². The number of rotatable bonds is 7. The molecule has 1 aliphatic heterocycles. The van der Waals surface area contributed by atoms with E-state index < -0.39 is 11.2 Å². The number of H-pyrrole nitrogens is 1. The fourth-order valence-corrected chi connectivity index (χ4v) is 4.37. The summed E-state index contributed by atoms with van der Waals surface area (Å²) < 4.78 is 1.40. The van der Waals surface area contributed by atoms with E-state index in [0.717, 1.165) is 64.5 Å². The number of aromatic amines is 1. The van der Waals surface area contributed by atoms with E-state index in [2.05, 4.69) is 4.98 Å². The monoisotopic (exact) mass is 378 g/mol. The first-order valence-electron chi connectivity index (χ1n) is 10.3. The molecule has 27 heavy (non-hydrogen) atoms. The van der Waals surface area contributed by atoms with Crippen LogP contribution in [0.5, 0.6) is 0 Å². The van der Waals surface area contributed by atoms with Crippen LogP contribution in [0.15, 0.2) is 9.59 Å². The minimum atomic E-state index is -0.554. The van der Waals surface area contributed by atoms with Crippen molar-refractivity contribution in [2.75, 3.05) is 30.3 Å². The molecule has 1 aromatic rings. The molecule has 8 nitrogen and oxygen atoms in total. The molecule has 8 heteroatoms. The SMILES string of the molecule is CCCCn1c(N)c(N(C(=O)C[NH+]2CCCC2)C2CCCC2)c(=O)[nH]c1=O. The zero-order valence-corrected chi connectivity index (χ0v) is 16.3. The standard InChI is InChI=1S/C19H31N5O3/c1-2-3-12-23-17(20)16(18(26)21-19(23)27)24(14-8-4-5-9-14)15(25)13-22-10-6-7-11-22/h14H,2-13,20H2,1H3,(H,21,26,27)/p+1. The summed E-state index contributed by atoms with van der Waals surface area (Å²) in [5.41, 5.74) is 5.40. The zero-order valence-electron chi connectivity index (χ0n) is 16.3. The number of anilines is 2. The Hall–Kier alpha value is -2.09. The van der Waals surface area contributed by atoms with E-state index in [-0.39, 0.29) is 23.5 Å². The van der Waals surface area contributed by atoms with Crippen molar-refractivity contribution in [3.63, 3.8) is 0 Å². The van der Waals surface area contributed by atoms with Gasteiger partial charge in [-0.3, -0.25) is 24.0 Å². The quantitative estimate of drug-likeness (QED) is 0.615. The van der Waals surface area contributed by atoms with Gasteiger partial charge in [0.05, 0.1) is 13.1 Å². The third kappa shape index (κ3) is 4.26. The number of quaternary nitrogens is 1. The summed E-state index contributed by atoms with van der Waals surface area (Å²) in [5.74, 6) is 0.0607. The molecule has 150 valence electrons. The molecular formula is C19H32N5O3+. The smallest absolute Gasteiger partial charge is 0.330 e. The largest absolute Gasteiger partial charge is 0.383 e. The fraction of sp³-hybridized carbons (Fsp3) is 0.737. The Balaban J connectivity index is 1.99. The van der Waals surface area contributed by atoms with E-state index in [1.165, 1.54) is 9.47 Å². The predicted molar refractivity (Wildman–Crippen MR) is 105 cm³/mol. The second-order valence-corrected chi connectivity index (χ2v) is 7.83. The van der Waals surface area contributed by atoms with Crippen LogP contribution < -0.4 is 26.8 Å². The summed E-state index contributed by atoms with van der Waals surface area (Å²) in [4.78, 5) is 43.4. The van der Waals surface area contributed by atoms with Crippen molar-refractivity contribution in [2.24, 2.45) is 0 Å². The van der Waals surface area contributed by atoms with Gasteiger partial charge in [0, 0.05) is 25.4 Å². The molecular weight excluding hydrogens is 346 g/mol. The van der Waals surface area contributed by atoms with Gasteiger partial charge in [-0.2, -0.15) is 0 Å². The van der Waals surface area contributed by atoms with Crippen molar-refractivity contribution in [1.82, 2.24) is 9.55 Å². The van der Waals surface area contributed by atoms with Crippen molar-refractivity contribution in [3.05, 3.63) is 20.8 Å². The molecule has 1 aliphatic carbocycles. The number of nitrogen functional groups attached to an aromatic ring is 1. The van der Waals surface area contributed by atoms with Crippen LogP contribution in [0.25, 0.3) is 0 Å². The van der Waals surface area contributed by atoms with Gasteiger partial charge in [-0.1, -0.05) is 26.2 Å². The van der Waals surface area contributed by atoms with E-state index in [4.69, 9.17) is 5.73 Å². The lowest BCUT2D eigenvalue weighted by Crippen LogP contribution is -3.11. The normalized spacial score (nSPS) is 18.3. The maximum atomic E-state index is 13.2. The highest BCUT2D eigenvalue weighted by Crippen LogP contribution is 2.29. The highest BCUT2D eigenvalue weighted by atomic mass is 16.2. The van der Waals surface area contributed by atoms with Crippen LogP contribution in [0.3, 0.4) is 0 Å². The van der Waals surface area contributed by atoms with Gasteiger partial charge in [0.15, 0.2) is 12.2 Å². The number of nitrogens with two attached hydrogens (primary N) is 1. The van der Waals surface area contributed by atoms with Gasteiger partial charge >= 0.3 is 5.69 Å². The Kier molecular flexibility index (Phi) is 6.36. The summed E-state index contributed by atoms with van der Waals surface area (Å²) in [6.07, 6.45) is 7.78. The Bertz CT molecular complexity index is 773. The lowest BCUT2D eigenvalue weighted by molar-refractivity contribution is -0.878. The third-order valence-electron chi connectivity index (χ3n) is 5.86. The molecule has 2 fully saturated rings. The van der Waals surface area contributed by atoms with E-state index >= 15 is 0 Å². The van der Waals surface area contributed by atoms with E-state index in [9.17, 15) is 14.4 Å². The number of likely N-dealkylation sites (tertiary alicyclic amines) is 1. The molecule has 1 amide bonds. The molecule has 0 atom stereocenters. The van der Waals surface area contributed by atoms with Crippen LogP contribution in [0, 0.1) is 0 Å². The van der Waals surface area contributed by atoms with E-state index in [1.807, 2.05) is 6.92 Å². The number of hydrogen-bond donors (Lipinski definition) is 3. The first kappa shape index (κ1) is 19.7. The average molecular weight is 378 g/mol. The van der Waals surface area contributed by atoms with Crippen LogP contribution >= 0.6 is 0 Å². The molecule has 0 unspecified atom stereocenters. The summed E-state index contributed by atoms with van der Waals surface area (Å²) in [6.45, 7) is 4.83. The van der Waals surface area contributed by atoms with Crippen LogP contribution in [-0.4, -0.2) is 41.1 Å². The molecule has 4 N–H and O–H groups in total. The van der Waals surface area contributed by atoms with Gasteiger partial charge < -0.3 is 10.6 Å². The van der Waals surface area contributed by atoms with Crippen LogP contribution in [0.2, 0.25) is 0 Å². The number of amides is 1. The molecule has 1 saturated heterocycles. The molecule has 2 heterocycles. The van der Waals surface area contributed by atoms with Crippen molar-refractivity contribution < 1.29 is 9.69 Å². The van der Waals surface area contributed by atoms with Crippen molar-refractivity contribution in [1.29, 1.82) is 0 Å².